The summed E-state index contributed by atoms with van der Waals surface area (Å²) in [6.07, 6.45) is 6.38. The molecular weight excluding hydrogens is 240 g/mol. The van der Waals surface area contributed by atoms with Crippen molar-refractivity contribution >= 4 is 0 Å². The van der Waals surface area contributed by atoms with E-state index in [0.717, 1.165) is 37.8 Å². The molecule has 1 atom stereocenters. The Hall–Kier alpha value is -0.910. The molecule has 0 radical (unpaired) electrons. The fourth-order valence-electron chi connectivity index (χ4n) is 2.89. The number of methoxy groups -OCH3 is 1. The summed E-state index contributed by atoms with van der Waals surface area (Å²) in [5.41, 5.74) is 5.35. The van der Waals surface area contributed by atoms with Crippen molar-refractivity contribution < 1.29 is 4.74 Å². The smallest absolute Gasteiger partial charge is 0.0694 e. The first-order valence-corrected chi connectivity index (χ1v) is 7.15. The van der Waals surface area contributed by atoms with Crippen LogP contribution in [0.4, 0.5) is 0 Å². The van der Waals surface area contributed by atoms with Crippen molar-refractivity contribution in [2.24, 2.45) is 12.9 Å². The highest BCUT2D eigenvalue weighted by molar-refractivity contribution is 5.12. The average Bonchev–Trinajstić information content (AvgIpc) is 2.73. The van der Waals surface area contributed by atoms with E-state index in [0.29, 0.717) is 0 Å². The van der Waals surface area contributed by atoms with Crippen LogP contribution in [0.5, 0.6) is 0 Å². The summed E-state index contributed by atoms with van der Waals surface area (Å²) in [6.45, 7) is 2.12. The summed E-state index contributed by atoms with van der Waals surface area (Å²) in [7, 11) is 3.81. The molecular formula is C14H26N4O. The van der Waals surface area contributed by atoms with Crippen LogP contribution < -0.4 is 11.3 Å². The van der Waals surface area contributed by atoms with Gasteiger partial charge in [0.15, 0.2) is 0 Å². The molecule has 1 unspecified atom stereocenters. The maximum absolute atomic E-state index is 5.72. The van der Waals surface area contributed by atoms with E-state index in [2.05, 4.69) is 23.5 Å². The highest BCUT2D eigenvalue weighted by Crippen LogP contribution is 2.39. The van der Waals surface area contributed by atoms with Gasteiger partial charge in [-0.1, -0.05) is 6.92 Å². The number of nitrogens with two attached hydrogens (primary N) is 1. The Balaban J connectivity index is 2.00. The second-order valence-electron chi connectivity index (χ2n) is 5.62. The first-order valence-electron chi connectivity index (χ1n) is 7.15. The molecule has 0 amide bonds. The minimum absolute atomic E-state index is 0.0449. The third-order valence-electron chi connectivity index (χ3n) is 4.40. The summed E-state index contributed by atoms with van der Waals surface area (Å²) in [4.78, 5) is 0. The van der Waals surface area contributed by atoms with Crippen LogP contribution in [-0.2, 0) is 24.6 Å². The van der Waals surface area contributed by atoms with E-state index >= 15 is 0 Å². The van der Waals surface area contributed by atoms with E-state index in [1.165, 1.54) is 12.1 Å². The number of hydrogen-bond donors (Lipinski definition) is 2. The largest absolute Gasteiger partial charge is 0.378 e. The number of ether oxygens (including phenoxy) is 1. The summed E-state index contributed by atoms with van der Waals surface area (Å²) >= 11 is 0. The molecule has 19 heavy (non-hydrogen) atoms. The van der Waals surface area contributed by atoms with Crippen molar-refractivity contribution in [2.45, 2.75) is 57.1 Å². The molecule has 1 aliphatic rings. The van der Waals surface area contributed by atoms with Gasteiger partial charge in [-0.2, -0.15) is 5.10 Å². The zero-order chi connectivity index (χ0) is 13.9. The molecule has 0 aliphatic heterocycles. The molecule has 1 aromatic heterocycles. The van der Waals surface area contributed by atoms with Gasteiger partial charge in [-0.3, -0.25) is 16.0 Å². The van der Waals surface area contributed by atoms with Crippen LogP contribution in [0.3, 0.4) is 0 Å². The summed E-state index contributed by atoms with van der Waals surface area (Å²) in [5, 5.41) is 4.48. The minimum atomic E-state index is 0.0449. The Bertz CT molecular complexity index is 406. The highest BCUT2D eigenvalue weighted by atomic mass is 16.5. The summed E-state index contributed by atoms with van der Waals surface area (Å²) in [5.74, 6) is 5.72. The number of hydrazine groups is 1. The normalized spacial score (nSPS) is 19.2. The zero-order valence-electron chi connectivity index (χ0n) is 12.3. The van der Waals surface area contributed by atoms with Crippen molar-refractivity contribution in [1.29, 1.82) is 0 Å². The van der Waals surface area contributed by atoms with Crippen LogP contribution in [-0.4, -0.2) is 28.5 Å². The number of hydrogen-bond acceptors (Lipinski definition) is 4. The van der Waals surface area contributed by atoms with E-state index < -0.39 is 0 Å². The molecule has 5 nitrogen and oxygen atoms in total. The molecule has 0 bridgehead atoms. The maximum Gasteiger partial charge on any atom is 0.0694 e. The number of rotatable bonds is 7. The van der Waals surface area contributed by atoms with E-state index in [1.54, 1.807) is 0 Å². The van der Waals surface area contributed by atoms with E-state index in [4.69, 9.17) is 10.6 Å². The van der Waals surface area contributed by atoms with Crippen LogP contribution in [0.1, 0.15) is 44.0 Å². The third kappa shape index (κ3) is 3.16. The number of nitrogens with one attached hydrogen (secondary N) is 1. The van der Waals surface area contributed by atoms with Crippen molar-refractivity contribution in [1.82, 2.24) is 15.2 Å². The Labute approximate surface area is 115 Å². The molecule has 1 fully saturated rings. The van der Waals surface area contributed by atoms with Gasteiger partial charge in [-0.15, -0.1) is 0 Å². The average molecular weight is 266 g/mol. The number of aromatic nitrogens is 2. The van der Waals surface area contributed by atoms with Gasteiger partial charge in [0.1, 0.15) is 0 Å². The quantitative estimate of drug-likeness (QED) is 0.577. The molecule has 0 aromatic carbocycles. The number of aryl methyl sites for hydroxylation is 2. The molecule has 1 aliphatic carbocycles. The third-order valence-corrected chi connectivity index (χ3v) is 4.40. The number of nitrogens with zero attached hydrogens (tertiary/aromatic N) is 2. The SMILES string of the molecule is CCc1cc(CC(CC2(OC)CCC2)NN)n(C)n1. The Morgan fingerprint density at radius 1 is 1.58 bits per heavy atom. The van der Waals surface area contributed by atoms with Crippen molar-refractivity contribution in [3.8, 4) is 0 Å². The van der Waals surface area contributed by atoms with Crippen molar-refractivity contribution in [3.63, 3.8) is 0 Å². The van der Waals surface area contributed by atoms with Crippen LogP contribution in [0.2, 0.25) is 0 Å². The van der Waals surface area contributed by atoms with Gasteiger partial charge in [-0.25, -0.2) is 0 Å². The standard InChI is InChI=1S/C14H26N4O/c1-4-11-8-13(18(2)17-11)9-12(16-15)10-14(19-3)6-5-7-14/h8,12,16H,4-7,9-10,15H2,1-3H3. The lowest BCUT2D eigenvalue weighted by atomic mass is 9.75. The molecule has 0 saturated heterocycles. The van der Waals surface area contributed by atoms with Crippen molar-refractivity contribution in [2.75, 3.05) is 7.11 Å². The highest BCUT2D eigenvalue weighted by Gasteiger charge is 2.38. The summed E-state index contributed by atoms with van der Waals surface area (Å²) < 4.78 is 7.64. The van der Waals surface area contributed by atoms with Gasteiger partial charge in [0.05, 0.1) is 11.3 Å². The van der Waals surface area contributed by atoms with Gasteiger partial charge >= 0.3 is 0 Å². The monoisotopic (exact) mass is 266 g/mol. The molecule has 1 heterocycles. The fraction of sp³-hybridized carbons (Fsp3) is 0.786. The van der Waals surface area contributed by atoms with Gasteiger partial charge in [0.2, 0.25) is 0 Å². The molecule has 0 spiro atoms. The van der Waals surface area contributed by atoms with Gasteiger partial charge in [0.25, 0.3) is 0 Å². The van der Waals surface area contributed by atoms with E-state index in [9.17, 15) is 0 Å². The lowest BCUT2D eigenvalue weighted by molar-refractivity contribution is -0.0835. The molecule has 2 rings (SSSR count). The van der Waals surface area contributed by atoms with Gasteiger partial charge in [0, 0.05) is 32.3 Å². The molecule has 1 aromatic rings. The minimum Gasteiger partial charge on any atom is -0.378 e. The Kier molecular flexibility index (Phi) is 4.60. The molecule has 1 saturated carbocycles. The predicted molar refractivity (Wildman–Crippen MR) is 75.6 cm³/mol. The summed E-state index contributed by atoms with van der Waals surface area (Å²) in [6, 6.07) is 2.41. The second-order valence-corrected chi connectivity index (χ2v) is 5.62. The first kappa shape index (κ1) is 14.5. The second kappa shape index (κ2) is 6.03. The van der Waals surface area contributed by atoms with Crippen LogP contribution in [0.15, 0.2) is 6.07 Å². The van der Waals surface area contributed by atoms with Crippen LogP contribution in [0, 0.1) is 0 Å². The first-order chi connectivity index (χ1) is 9.12. The Morgan fingerprint density at radius 2 is 2.32 bits per heavy atom. The van der Waals surface area contributed by atoms with Crippen LogP contribution in [0.25, 0.3) is 0 Å². The van der Waals surface area contributed by atoms with Gasteiger partial charge < -0.3 is 4.74 Å². The maximum atomic E-state index is 5.72. The topological polar surface area (TPSA) is 65.1 Å². The lowest BCUT2D eigenvalue weighted by Gasteiger charge is -2.42. The Morgan fingerprint density at radius 3 is 2.74 bits per heavy atom. The predicted octanol–water partition coefficient (Wildman–Crippen LogP) is 1.32. The zero-order valence-corrected chi connectivity index (χ0v) is 12.3. The molecule has 5 heteroatoms. The molecule has 108 valence electrons. The van der Waals surface area contributed by atoms with E-state index in [1.807, 2.05) is 18.8 Å². The van der Waals surface area contributed by atoms with Crippen molar-refractivity contribution in [3.05, 3.63) is 17.5 Å². The lowest BCUT2D eigenvalue weighted by Crippen LogP contribution is -2.48. The van der Waals surface area contributed by atoms with E-state index in [-0.39, 0.29) is 11.6 Å². The fourth-order valence-corrected chi connectivity index (χ4v) is 2.89. The van der Waals surface area contributed by atoms with Crippen LogP contribution >= 0.6 is 0 Å². The molecule has 3 N–H and O–H groups in total. The van der Waals surface area contributed by atoms with Gasteiger partial charge in [-0.05, 0) is 38.2 Å².